The van der Waals surface area contributed by atoms with Crippen molar-refractivity contribution in [2.75, 3.05) is 19.8 Å². The second-order valence-corrected chi connectivity index (χ2v) is 5.09. The van der Waals surface area contributed by atoms with Crippen LogP contribution in [0, 0.1) is 0 Å². The molecule has 0 spiro atoms. The van der Waals surface area contributed by atoms with Crippen LogP contribution >= 0.6 is 0 Å². The van der Waals surface area contributed by atoms with Gasteiger partial charge in [0.15, 0.2) is 5.78 Å². The Hall–Kier alpha value is -0.450. The molecule has 1 atom stereocenters. The number of aliphatic hydroxyl groups excluding tert-OH is 2. The van der Waals surface area contributed by atoms with Crippen LogP contribution in [0.25, 0.3) is 0 Å². The van der Waals surface area contributed by atoms with Gasteiger partial charge >= 0.3 is 0 Å². The molecule has 0 aromatic heterocycles. The predicted octanol–water partition coefficient (Wildman–Crippen LogP) is 2.46. The zero-order valence-electron chi connectivity index (χ0n) is 12.3. The van der Waals surface area contributed by atoms with Gasteiger partial charge in [0.05, 0.1) is 12.7 Å². The topological polar surface area (TPSA) is 66.8 Å². The Kier molecular flexibility index (Phi) is 13.6. The van der Waals surface area contributed by atoms with E-state index in [0.29, 0.717) is 19.6 Å². The quantitative estimate of drug-likeness (QED) is 0.477. The number of carbonyl (C=O) groups is 1. The van der Waals surface area contributed by atoms with Crippen LogP contribution in [0.2, 0.25) is 0 Å². The molecule has 0 bridgehead atoms. The summed E-state index contributed by atoms with van der Waals surface area (Å²) in [7, 11) is 0. The number of hydrogen-bond donors (Lipinski definition) is 2. The van der Waals surface area contributed by atoms with Crippen LogP contribution < -0.4 is 0 Å². The minimum Gasteiger partial charge on any atom is -0.391 e. The standard InChI is InChI=1S/C15H30O4/c1-2-3-6-10-15(18)13-19-11-8-5-4-7-9-14(17)12-16/h15-16,18H,2-13H2,1H3/t15-/m0/s1. The van der Waals surface area contributed by atoms with Crippen LogP contribution in [-0.2, 0) is 9.53 Å². The Bertz CT molecular complexity index is 206. The third-order valence-electron chi connectivity index (χ3n) is 3.12. The summed E-state index contributed by atoms with van der Waals surface area (Å²) in [6.45, 7) is 2.93. The molecule has 4 heteroatoms. The summed E-state index contributed by atoms with van der Waals surface area (Å²) in [5.41, 5.74) is 0. The van der Waals surface area contributed by atoms with Crippen molar-refractivity contribution in [1.82, 2.24) is 0 Å². The number of unbranched alkanes of at least 4 members (excludes halogenated alkanes) is 5. The minimum absolute atomic E-state index is 0.0774. The van der Waals surface area contributed by atoms with Crippen LogP contribution in [0.3, 0.4) is 0 Å². The van der Waals surface area contributed by atoms with Crippen LogP contribution in [0.5, 0.6) is 0 Å². The van der Waals surface area contributed by atoms with Gasteiger partial charge in [0.25, 0.3) is 0 Å². The molecule has 4 nitrogen and oxygen atoms in total. The molecule has 0 amide bonds. The summed E-state index contributed by atoms with van der Waals surface area (Å²) in [5.74, 6) is -0.0774. The fourth-order valence-electron chi connectivity index (χ4n) is 1.89. The first-order chi connectivity index (χ1) is 9.20. The van der Waals surface area contributed by atoms with Gasteiger partial charge in [0.1, 0.15) is 6.61 Å². The Morgan fingerprint density at radius 2 is 1.84 bits per heavy atom. The summed E-state index contributed by atoms with van der Waals surface area (Å²) in [5, 5.41) is 18.2. The molecule has 0 aliphatic heterocycles. The molecule has 0 radical (unpaired) electrons. The molecule has 19 heavy (non-hydrogen) atoms. The van der Waals surface area contributed by atoms with Crippen LogP contribution in [0.1, 0.15) is 64.7 Å². The van der Waals surface area contributed by atoms with E-state index in [9.17, 15) is 9.90 Å². The molecular formula is C15H30O4. The first kappa shape index (κ1) is 18.6. The third kappa shape index (κ3) is 13.8. The highest BCUT2D eigenvalue weighted by Crippen LogP contribution is 2.06. The van der Waals surface area contributed by atoms with Crippen LogP contribution in [-0.4, -0.2) is 41.9 Å². The number of Topliss-reactive ketones (excluding diaryl/α,β-unsaturated/α-hetero) is 1. The third-order valence-corrected chi connectivity index (χ3v) is 3.12. The lowest BCUT2D eigenvalue weighted by Crippen LogP contribution is -2.15. The molecular weight excluding hydrogens is 244 g/mol. The van der Waals surface area contributed by atoms with E-state index >= 15 is 0 Å². The highest BCUT2D eigenvalue weighted by atomic mass is 16.5. The Morgan fingerprint density at radius 3 is 2.53 bits per heavy atom. The van der Waals surface area contributed by atoms with Gasteiger partial charge < -0.3 is 14.9 Å². The molecule has 0 saturated carbocycles. The molecule has 0 aliphatic rings. The first-order valence-corrected chi connectivity index (χ1v) is 7.59. The largest absolute Gasteiger partial charge is 0.391 e. The van der Waals surface area contributed by atoms with E-state index in [1.165, 1.54) is 12.8 Å². The van der Waals surface area contributed by atoms with Crippen molar-refractivity contribution in [3.8, 4) is 0 Å². The molecule has 114 valence electrons. The van der Waals surface area contributed by atoms with E-state index in [1.807, 2.05) is 0 Å². The lowest BCUT2D eigenvalue weighted by Gasteiger charge is -2.10. The molecule has 0 fully saturated rings. The van der Waals surface area contributed by atoms with Gasteiger partial charge in [-0.2, -0.15) is 0 Å². The van der Waals surface area contributed by atoms with Gasteiger partial charge in [0, 0.05) is 13.0 Å². The summed E-state index contributed by atoms with van der Waals surface area (Å²) in [4.78, 5) is 10.8. The van der Waals surface area contributed by atoms with Crippen LogP contribution in [0.15, 0.2) is 0 Å². The fraction of sp³-hybridized carbons (Fsp3) is 0.933. The highest BCUT2D eigenvalue weighted by Gasteiger charge is 2.03. The minimum atomic E-state index is -0.334. The van der Waals surface area contributed by atoms with Crippen molar-refractivity contribution in [2.45, 2.75) is 70.8 Å². The van der Waals surface area contributed by atoms with E-state index in [-0.39, 0.29) is 18.5 Å². The SMILES string of the molecule is CCCCC[C@H](O)COCCCCCCC(=O)CO. The van der Waals surface area contributed by atoms with E-state index < -0.39 is 0 Å². The normalized spacial score (nSPS) is 12.6. The molecule has 2 N–H and O–H groups in total. The summed E-state index contributed by atoms with van der Waals surface area (Å²) >= 11 is 0. The lowest BCUT2D eigenvalue weighted by molar-refractivity contribution is -0.121. The second kappa shape index (κ2) is 14.0. The maximum atomic E-state index is 10.8. The zero-order valence-corrected chi connectivity index (χ0v) is 12.3. The number of aliphatic hydroxyl groups is 2. The summed E-state index contributed by atoms with van der Waals surface area (Å²) in [6.07, 6.45) is 8.24. The number of carbonyl (C=O) groups excluding carboxylic acids is 1. The van der Waals surface area contributed by atoms with Crippen molar-refractivity contribution in [3.63, 3.8) is 0 Å². The van der Waals surface area contributed by atoms with E-state index in [1.54, 1.807) is 0 Å². The number of ether oxygens (including phenoxy) is 1. The maximum absolute atomic E-state index is 10.8. The van der Waals surface area contributed by atoms with Crippen molar-refractivity contribution < 1.29 is 19.7 Å². The Labute approximate surface area is 117 Å². The van der Waals surface area contributed by atoms with E-state index in [4.69, 9.17) is 9.84 Å². The summed E-state index contributed by atoms with van der Waals surface area (Å²) < 4.78 is 5.42. The zero-order chi connectivity index (χ0) is 14.3. The van der Waals surface area contributed by atoms with Crippen LogP contribution in [0.4, 0.5) is 0 Å². The highest BCUT2D eigenvalue weighted by molar-refractivity contribution is 5.79. The fourth-order valence-corrected chi connectivity index (χ4v) is 1.89. The number of ketones is 1. The van der Waals surface area contributed by atoms with E-state index in [2.05, 4.69) is 6.92 Å². The van der Waals surface area contributed by atoms with Gasteiger partial charge in [-0.05, 0) is 19.3 Å². The van der Waals surface area contributed by atoms with Crippen molar-refractivity contribution in [2.24, 2.45) is 0 Å². The van der Waals surface area contributed by atoms with Crippen molar-refractivity contribution in [1.29, 1.82) is 0 Å². The van der Waals surface area contributed by atoms with Crippen molar-refractivity contribution >= 4 is 5.78 Å². The molecule has 0 unspecified atom stereocenters. The molecule has 0 aromatic carbocycles. The van der Waals surface area contributed by atoms with Gasteiger partial charge in [0.2, 0.25) is 0 Å². The Balaban J connectivity index is 3.15. The maximum Gasteiger partial charge on any atom is 0.158 e. The molecule has 0 aromatic rings. The van der Waals surface area contributed by atoms with Crippen molar-refractivity contribution in [3.05, 3.63) is 0 Å². The van der Waals surface area contributed by atoms with Gasteiger partial charge in [-0.3, -0.25) is 4.79 Å². The lowest BCUT2D eigenvalue weighted by atomic mass is 10.1. The predicted molar refractivity (Wildman–Crippen MR) is 76.1 cm³/mol. The molecule has 0 heterocycles. The van der Waals surface area contributed by atoms with E-state index in [0.717, 1.165) is 38.5 Å². The number of hydrogen-bond acceptors (Lipinski definition) is 4. The average Bonchev–Trinajstić information content (AvgIpc) is 2.41. The average molecular weight is 274 g/mol. The molecule has 0 saturated heterocycles. The second-order valence-electron chi connectivity index (χ2n) is 5.09. The summed E-state index contributed by atoms with van der Waals surface area (Å²) in [6, 6.07) is 0. The number of rotatable bonds is 14. The Morgan fingerprint density at radius 1 is 1.11 bits per heavy atom. The van der Waals surface area contributed by atoms with Gasteiger partial charge in [-0.15, -0.1) is 0 Å². The van der Waals surface area contributed by atoms with Gasteiger partial charge in [-0.25, -0.2) is 0 Å². The molecule has 0 rings (SSSR count). The first-order valence-electron chi connectivity index (χ1n) is 7.59. The monoisotopic (exact) mass is 274 g/mol. The smallest absolute Gasteiger partial charge is 0.158 e. The van der Waals surface area contributed by atoms with Gasteiger partial charge in [-0.1, -0.05) is 39.0 Å². The molecule has 0 aliphatic carbocycles.